The molecule has 0 saturated carbocycles. The number of hydrogen-bond donors (Lipinski definition) is 3. The number of piperidine rings is 1. The SMILES string of the molecule is C=CCN1CCC(NC(=NCc2nc(-c3ccco3)n[nH]2)NCC)CC1. The van der Waals surface area contributed by atoms with Gasteiger partial charge in [-0.3, -0.25) is 10.00 Å². The Morgan fingerprint density at radius 1 is 1.50 bits per heavy atom. The molecule has 2 aromatic heterocycles. The van der Waals surface area contributed by atoms with Crippen molar-refractivity contribution in [2.75, 3.05) is 26.2 Å². The van der Waals surface area contributed by atoms with Crippen molar-refractivity contribution in [1.29, 1.82) is 0 Å². The summed E-state index contributed by atoms with van der Waals surface area (Å²) in [5.74, 6) is 2.71. The summed E-state index contributed by atoms with van der Waals surface area (Å²) < 4.78 is 5.31. The highest BCUT2D eigenvalue weighted by Gasteiger charge is 2.19. The van der Waals surface area contributed by atoms with Crippen molar-refractivity contribution >= 4 is 5.96 Å². The molecular formula is C18H27N7O. The molecule has 8 heteroatoms. The third-order valence-electron chi connectivity index (χ3n) is 4.32. The molecule has 2 aromatic rings. The Morgan fingerprint density at radius 2 is 2.35 bits per heavy atom. The van der Waals surface area contributed by atoms with Gasteiger partial charge in [-0.25, -0.2) is 9.98 Å². The molecule has 1 aliphatic rings. The summed E-state index contributed by atoms with van der Waals surface area (Å²) in [7, 11) is 0. The zero-order valence-corrected chi connectivity index (χ0v) is 15.2. The van der Waals surface area contributed by atoms with E-state index in [1.165, 1.54) is 0 Å². The highest BCUT2D eigenvalue weighted by atomic mass is 16.3. The fraction of sp³-hybridized carbons (Fsp3) is 0.500. The number of nitrogens with zero attached hydrogens (tertiary/aromatic N) is 4. The number of nitrogens with one attached hydrogen (secondary N) is 3. The summed E-state index contributed by atoms with van der Waals surface area (Å²) >= 11 is 0. The second kappa shape index (κ2) is 9.19. The Hall–Kier alpha value is -2.61. The molecule has 0 amide bonds. The van der Waals surface area contributed by atoms with E-state index in [0.717, 1.165) is 45.0 Å². The number of guanidine groups is 1. The summed E-state index contributed by atoms with van der Waals surface area (Å²) in [6.45, 7) is 10.2. The van der Waals surface area contributed by atoms with Gasteiger partial charge < -0.3 is 15.1 Å². The summed E-state index contributed by atoms with van der Waals surface area (Å²) in [6, 6.07) is 4.08. The molecule has 1 saturated heterocycles. The number of furan rings is 1. The first-order chi connectivity index (χ1) is 12.8. The largest absolute Gasteiger partial charge is 0.461 e. The summed E-state index contributed by atoms with van der Waals surface area (Å²) in [5, 5.41) is 13.9. The monoisotopic (exact) mass is 357 g/mol. The molecule has 140 valence electrons. The molecular weight excluding hydrogens is 330 g/mol. The number of hydrogen-bond acceptors (Lipinski definition) is 5. The lowest BCUT2D eigenvalue weighted by molar-refractivity contribution is 0.225. The quantitative estimate of drug-likeness (QED) is 0.397. The molecule has 0 aliphatic carbocycles. The van der Waals surface area contributed by atoms with Crippen LogP contribution in [-0.4, -0.2) is 58.3 Å². The van der Waals surface area contributed by atoms with Gasteiger partial charge in [0.1, 0.15) is 12.4 Å². The van der Waals surface area contributed by atoms with Gasteiger partial charge in [0, 0.05) is 32.2 Å². The van der Waals surface area contributed by atoms with Crippen molar-refractivity contribution in [3.05, 3.63) is 36.9 Å². The van der Waals surface area contributed by atoms with E-state index in [1.807, 2.05) is 18.2 Å². The predicted molar refractivity (Wildman–Crippen MR) is 102 cm³/mol. The third kappa shape index (κ3) is 4.95. The zero-order chi connectivity index (χ0) is 18.2. The average molecular weight is 357 g/mol. The molecule has 0 aromatic carbocycles. The van der Waals surface area contributed by atoms with Gasteiger partial charge in [0.2, 0.25) is 5.82 Å². The lowest BCUT2D eigenvalue weighted by Crippen LogP contribution is -2.48. The predicted octanol–water partition coefficient (Wildman–Crippen LogP) is 1.77. The normalized spacial score (nSPS) is 16.6. The average Bonchev–Trinajstić information content (AvgIpc) is 3.33. The van der Waals surface area contributed by atoms with Gasteiger partial charge >= 0.3 is 0 Å². The van der Waals surface area contributed by atoms with Crippen LogP contribution in [0.5, 0.6) is 0 Å². The molecule has 0 unspecified atom stereocenters. The Bertz CT molecular complexity index is 699. The lowest BCUT2D eigenvalue weighted by atomic mass is 10.1. The fourth-order valence-electron chi connectivity index (χ4n) is 2.99. The molecule has 3 heterocycles. The number of rotatable bonds is 7. The molecule has 26 heavy (non-hydrogen) atoms. The van der Waals surface area contributed by atoms with Gasteiger partial charge in [-0.1, -0.05) is 6.08 Å². The van der Waals surface area contributed by atoms with E-state index in [0.29, 0.717) is 30.0 Å². The van der Waals surface area contributed by atoms with Crippen LogP contribution in [-0.2, 0) is 6.54 Å². The number of aromatic nitrogens is 3. The number of aromatic amines is 1. The first kappa shape index (κ1) is 18.2. The van der Waals surface area contributed by atoms with Crippen LogP contribution in [0.1, 0.15) is 25.6 Å². The molecule has 0 spiro atoms. The van der Waals surface area contributed by atoms with Crippen LogP contribution in [0.3, 0.4) is 0 Å². The second-order valence-corrected chi connectivity index (χ2v) is 6.29. The highest BCUT2D eigenvalue weighted by Crippen LogP contribution is 2.14. The van der Waals surface area contributed by atoms with E-state index in [2.05, 4.69) is 49.2 Å². The van der Waals surface area contributed by atoms with Crippen molar-refractivity contribution in [1.82, 2.24) is 30.7 Å². The van der Waals surface area contributed by atoms with Crippen LogP contribution < -0.4 is 10.6 Å². The van der Waals surface area contributed by atoms with Crippen molar-refractivity contribution in [3.63, 3.8) is 0 Å². The van der Waals surface area contributed by atoms with Gasteiger partial charge in [-0.05, 0) is 31.9 Å². The van der Waals surface area contributed by atoms with Gasteiger partial charge in [0.05, 0.1) is 6.26 Å². The molecule has 1 aliphatic heterocycles. The van der Waals surface area contributed by atoms with Crippen molar-refractivity contribution in [2.45, 2.75) is 32.4 Å². The van der Waals surface area contributed by atoms with Crippen molar-refractivity contribution in [2.24, 2.45) is 4.99 Å². The Morgan fingerprint density at radius 3 is 3.04 bits per heavy atom. The van der Waals surface area contributed by atoms with E-state index >= 15 is 0 Å². The minimum atomic E-state index is 0.429. The summed E-state index contributed by atoms with van der Waals surface area (Å²) in [6.07, 6.45) is 5.77. The fourth-order valence-corrected chi connectivity index (χ4v) is 2.99. The van der Waals surface area contributed by atoms with Crippen LogP contribution in [0.15, 0.2) is 40.5 Å². The molecule has 8 nitrogen and oxygen atoms in total. The summed E-state index contributed by atoms with van der Waals surface area (Å²) in [5.41, 5.74) is 0. The van der Waals surface area contributed by atoms with E-state index < -0.39 is 0 Å². The Labute approximate surface area is 153 Å². The standard InChI is InChI=1S/C18H27N7O/c1-3-9-25-10-7-14(8-11-25)21-18(19-4-2)20-13-16-22-17(24-23-16)15-6-5-12-26-15/h3,5-6,12,14H,1,4,7-11,13H2,2H3,(H2,19,20,21)(H,22,23,24). The molecule has 3 rings (SSSR count). The van der Waals surface area contributed by atoms with Crippen LogP contribution in [0.2, 0.25) is 0 Å². The van der Waals surface area contributed by atoms with Crippen LogP contribution in [0, 0.1) is 0 Å². The second-order valence-electron chi connectivity index (χ2n) is 6.29. The first-order valence-corrected chi connectivity index (χ1v) is 9.11. The van der Waals surface area contributed by atoms with E-state index in [1.54, 1.807) is 6.26 Å². The topological polar surface area (TPSA) is 94.4 Å². The van der Waals surface area contributed by atoms with Crippen LogP contribution >= 0.6 is 0 Å². The van der Waals surface area contributed by atoms with E-state index in [4.69, 9.17) is 4.42 Å². The van der Waals surface area contributed by atoms with E-state index in [-0.39, 0.29) is 0 Å². The highest BCUT2D eigenvalue weighted by molar-refractivity contribution is 5.80. The third-order valence-corrected chi connectivity index (χ3v) is 4.32. The maximum atomic E-state index is 5.31. The minimum Gasteiger partial charge on any atom is -0.461 e. The van der Waals surface area contributed by atoms with Crippen LogP contribution in [0.4, 0.5) is 0 Å². The molecule has 0 bridgehead atoms. The lowest BCUT2D eigenvalue weighted by Gasteiger charge is -2.32. The van der Waals surface area contributed by atoms with Gasteiger partial charge in [-0.2, -0.15) is 0 Å². The molecule has 1 fully saturated rings. The van der Waals surface area contributed by atoms with Gasteiger partial charge in [0.15, 0.2) is 11.7 Å². The first-order valence-electron chi connectivity index (χ1n) is 9.11. The minimum absolute atomic E-state index is 0.429. The van der Waals surface area contributed by atoms with Crippen molar-refractivity contribution < 1.29 is 4.42 Å². The Balaban J connectivity index is 1.55. The smallest absolute Gasteiger partial charge is 0.216 e. The maximum Gasteiger partial charge on any atom is 0.216 e. The number of likely N-dealkylation sites (tertiary alicyclic amines) is 1. The molecule has 0 radical (unpaired) electrons. The summed E-state index contributed by atoms with van der Waals surface area (Å²) in [4.78, 5) is 11.5. The van der Waals surface area contributed by atoms with Gasteiger partial charge in [-0.15, -0.1) is 11.7 Å². The maximum absolute atomic E-state index is 5.31. The van der Waals surface area contributed by atoms with Gasteiger partial charge in [0.25, 0.3) is 0 Å². The van der Waals surface area contributed by atoms with E-state index in [9.17, 15) is 0 Å². The number of aliphatic imine (C=N–C) groups is 1. The van der Waals surface area contributed by atoms with Crippen molar-refractivity contribution in [3.8, 4) is 11.6 Å². The zero-order valence-electron chi connectivity index (χ0n) is 15.2. The molecule has 0 atom stereocenters. The van der Waals surface area contributed by atoms with Crippen LogP contribution in [0.25, 0.3) is 11.6 Å². The Kier molecular flexibility index (Phi) is 6.43. The molecule has 3 N–H and O–H groups in total. The number of H-pyrrole nitrogens is 1.